The highest BCUT2D eigenvalue weighted by molar-refractivity contribution is 5.79. The molecule has 2 heteroatoms. The molecule has 1 N–H and O–H groups in total. The molecule has 0 saturated carbocycles. The molecule has 0 radical (unpaired) electrons. The number of hydrogen-bond donors (Lipinski definition) is 1. The van der Waals surface area contributed by atoms with E-state index < -0.39 is 5.60 Å². The van der Waals surface area contributed by atoms with Crippen LogP contribution in [0.3, 0.4) is 0 Å². The van der Waals surface area contributed by atoms with Crippen LogP contribution >= 0.6 is 0 Å². The van der Waals surface area contributed by atoms with Crippen LogP contribution in [0.5, 0.6) is 0 Å². The number of rotatable bonds is 1. The van der Waals surface area contributed by atoms with Gasteiger partial charge in [-0.1, -0.05) is 12.1 Å². The molecule has 0 aliphatic rings. The minimum absolute atomic E-state index is 0.793. The molecule has 0 fully saturated rings. The summed E-state index contributed by atoms with van der Waals surface area (Å²) in [5, 5.41) is 11.0. The second kappa shape index (κ2) is 3.31. The number of fused-ring (bicyclic) bond motifs is 1. The topological polar surface area (TPSA) is 33.1 Å². The zero-order valence-electron chi connectivity index (χ0n) is 9.28. The van der Waals surface area contributed by atoms with E-state index in [-0.39, 0.29) is 0 Å². The average molecular weight is 201 g/mol. The Hall–Kier alpha value is -1.41. The Labute approximate surface area is 89.6 Å². The molecule has 0 amide bonds. The predicted molar refractivity (Wildman–Crippen MR) is 61.7 cm³/mol. The highest BCUT2D eigenvalue weighted by atomic mass is 16.3. The van der Waals surface area contributed by atoms with Crippen LogP contribution in [0.25, 0.3) is 10.9 Å². The first-order chi connectivity index (χ1) is 6.97. The van der Waals surface area contributed by atoms with E-state index in [1.54, 1.807) is 13.8 Å². The average Bonchev–Trinajstić information content (AvgIpc) is 2.15. The molecule has 2 aromatic rings. The minimum atomic E-state index is -0.793. The summed E-state index contributed by atoms with van der Waals surface area (Å²) in [6, 6.07) is 9.88. The van der Waals surface area contributed by atoms with Gasteiger partial charge in [0.2, 0.25) is 0 Å². The van der Waals surface area contributed by atoms with Crippen LogP contribution in [-0.4, -0.2) is 10.1 Å². The molecule has 15 heavy (non-hydrogen) atoms. The number of benzene rings is 1. The Balaban J connectivity index is 2.62. The van der Waals surface area contributed by atoms with Crippen LogP contribution in [0.2, 0.25) is 0 Å². The maximum atomic E-state index is 9.88. The number of aryl methyl sites for hydroxylation is 1. The summed E-state index contributed by atoms with van der Waals surface area (Å²) >= 11 is 0. The SMILES string of the molecule is Cc1ccc2cc(C(C)(C)O)ccc2n1. The van der Waals surface area contributed by atoms with Gasteiger partial charge in [-0.05, 0) is 44.5 Å². The molecule has 1 aromatic heterocycles. The van der Waals surface area contributed by atoms with Gasteiger partial charge in [-0.15, -0.1) is 0 Å². The molecule has 0 bridgehead atoms. The summed E-state index contributed by atoms with van der Waals surface area (Å²) in [4.78, 5) is 4.42. The molecule has 2 nitrogen and oxygen atoms in total. The van der Waals surface area contributed by atoms with Crippen molar-refractivity contribution in [2.24, 2.45) is 0 Å². The molecule has 0 saturated heterocycles. The lowest BCUT2D eigenvalue weighted by molar-refractivity contribution is 0.0787. The first-order valence-corrected chi connectivity index (χ1v) is 5.07. The summed E-state index contributed by atoms with van der Waals surface area (Å²) < 4.78 is 0. The molecular formula is C13H15NO. The van der Waals surface area contributed by atoms with Crippen LogP contribution in [-0.2, 0) is 5.60 Å². The first-order valence-electron chi connectivity index (χ1n) is 5.07. The van der Waals surface area contributed by atoms with Crippen LogP contribution < -0.4 is 0 Å². The fourth-order valence-electron chi connectivity index (χ4n) is 1.61. The molecule has 78 valence electrons. The number of nitrogens with zero attached hydrogens (tertiary/aromatic N) is 1. The lowest BCUT2D eigenvalue weighted by Crippen LogP contribution is -2.15. The molecule has 1 heterocycles. The Morgan fingerprint density at radius 1 is 1.13 bits per heavy atom. The van der Waals surface area contributed by atoms with E-state index in [2.05, 4.69) is 4.98 Å². The Morgan fingerprint density at radius 2 is 1.87 bits per heavy atom. The van der Waals surface area contributed by atoms with Crippen molar-refractivity contribution in [1.82, 2.24) is 4.98 Å². The van der Waals surface area contributed by atoms with Gasteiger partial charge in [-0.2, -0.15) is 0 Å². The minimum Gasteiger partial charge on any atom is -0.386 e. The normalized spacial score (nSPS) is 12.0. The number of aliphatic hydroxyl groups is 1. The molecule has 0 unspecified atom stereocenters. The van der Waals surface area contributed by atoms with Crippen molar-refractivity contribution < 1.29 is 5.11 Å². The fourth-order valence-corrected chi connectivity index (χ4v) is 1.61. The number of hydrogen-bond acceptors (Lipinski definition) is 2. The van der Waals surface area contributed by atoms with Gasteiger partial charge < -0.3 is 5.11 Å². The van der Waals surface area contributed by atoms with Crippen molar-refractivity contribution in [2.45, 2.75) is 26.4 Å². The second-order valence-corrected chi connectivity index (χ2v) is 4.42. The van der Waals surface area contributed by atoms with Crippen molar-refractivity contribution in [3.05, 3.63) is 41.6 Å². The van der Waals surface area contributed by atoms with Crippen molar-refractivity contribution in [2.75, 3.05) is 0 Å². The largest absolute Gasteiger partial charge is 0.386 e. The first kappa shape index (κ1) is 10.1. The third kappa shape index (κ3) is 2.00. The zero-order chi connectivity index (χ0) is 11.1. The van der Waals surface area contributed by atoms with Crippen molar-refractivity contribution in [3.63, 3.8) is 0 Å². The van der Waals surface area contributed by atoms with Gasteiger partial charge in [0.15, 0.2) is 0 Å². The van der Waals surface area contributed by atoms with E-state index in [0.717, 1.165) is 22.2 Å². The van der Waals surface area contributed by atoms with E-state index >= 15 is 0 Å². The lowest BCUT2D eigenvalue weighted by atomic mass is 9.97. The van der Waals surface area contributed by atoms with Gasteiger partial charge in [0, 0.05) is 11.1 Å². The quantitative estimate of drug-likeness (QED) is 0.769. The molecule has 0 spiro atoms. The zero-order valence-corrected chi connectivity index (χ0v) is 9.28. The van der Waals surface area contributed by atoms with E-state index in [0.29, 0.717) is 0 Å². The maximum absolute atomic E-state index is 9.88. The van der Waals surface area contributed by atoms with Gasteiger partial charge in [-0.25, -0.2) is 0 Å². The fraction of sp³-hybridized carbons (Fsp3) is 0.308. The van der Waals surface area contributed by atoms with Gasteiger partial charge >= 0.3 is 0 Å². The Bertz CT molecular complexity index is 497. The summed E-state index contributed by atoms with van der Waals surface area (Å²) in [5.41, 5.74) is 2.11. The van der Waals surface area contributed by atoms with Crippen LogP contribution in [0.15, 0.2) is 30.3 Å². The van der Waals surface area contributed by atoms with Crippen molar-refractivity contribution in [3.8, 4) is 0 Å². The summed E-state index contributed by atoms with van der Waals surface area (Å²) in [6.45, 7) is 5.55. The van der Waals surface area contributed by atoms with Crippen LogP contribution in [0.4, 0.5) is 0 Å². The van der Waals surface area contributed by atoms with E-state index in [1.807, 2.05) is 37.3 Å². The third-order valence-electron chi connectivity index (χ3n) is 2.53. The van der Waals surface area contributed by atoms with Crippen molar-refractivity contribution >= 4 is 10.9 Å². The maximum Gasteiger partial charge on any atom is 0.0840 e. The molecule has 0 aliphatic heterocycles. The van der Waals surface area contributed by atoms with E-state index in [9.17, 15) is 5.11 Å². The molecule has 2 rings (SSSR count). The molecule has 0 aliphatic carbocycles. The summed E-state index contributed by atoms with van der Waals surface area (Å²) in [5.74, 6) is 0. The van der Waals surface area contributed by atoms with Gasteiger partial charge in [0.25, 0.3) is 0 Å². The number of aromatic nitrogens is 1. The highest BCUT2D eigenvalue weighted by Crippen LogP contribution is 2.23. The van der Waals surface area contributed by atoms with Crippen LogP contribution in [0, 0.1) is 6.92 Å². The summed E-state index contributed by atoms with van der Waals surface area (Å²) in [6.07, 6.45) is 0. The molecule has 0 atom stereocenters. The molecule has 1 aromatic carbocycles. The Kier molecular flexibility index (Phi) is 2.24. The third-order valence-corrected chi connectivity index (χ3v) is 2.53. The summed E-state index contributed by atoms with van der Waals surface area (Å²) in [7, 11) is 0. The Morgan fingerprint density at radius 3 is 2.53 bits per heavy atom. The second-order valence-electron chi connectivity index (χ2n) is 4.42. The highest BCUT2D eigenvalue weighted by Gasteiger charge is 2.15. The van der Waals surface area contributed by atoms with Crippen molar-refractivity contribution in [1.29, 1.82) is 0 Å². The lowest BCUT2D eigenvalue weighted by Gasteiger charge is -2.18. The molecular weight excluding hydrogens is 186 g/mol. The number of pyridine rings is 1. The van der Waals surface area contributed by atoms with Gasteiger partial charge in [0.1, 0.15) is 0 Å². The van der Waals surface area contributed by atoms with E-state index in [1.165, 1.54) is 0 Å². The van der Waals surface area contributed by atoms with E-state index in [4.69, 9.17) is 0 Å². The van der Waals surface area contributed by atoms with Crippen LogP contribution in [0.1, 0.15) is 25.1 Å². The smallest absolute Gasteiger partial charge is 0.0840 e. The standard InChI is InChI=1S/C13H15NO/c1-9-4-5-10-8-11(13(2,3)15)6-7-12(10)14-9/h4-8,15H,1-3H3. The monoisotopic (exact) mass is 201 g/mol. The van der Waals surface area contributed by atoms with Gasteiger partial charge in [-0.3, -0.25) is 4.98 Å². The predicted octanol–water partition coefficient (Wildman–Crippen LogP) is 2.77. The van der Waals surface area contributed by atoms with Gasteiger partial charge in [0.05, 0.1) is 11.1 Å².